The van der Waals surface area contributed by atoms with Crippen molar-refractivity contribution in [1.29, 1.82) is 0 Å². The van der Waals surface area contributed by atoms with Crippen LogP contribution in [-0.4, -0.2) is 24.4 Å². The molecule has 5 nitrogen and oxygen atoms in total. The van der Waals surface area contributed by atoms with Gasteiger partial charge in [-0.05, 0) is 37.6 Å². The van der Waals surface area contributed by atoms with Crippen molar-refractivity contribution in [3.8, 4) is 11.5 Å². The average molecular weight is 311 g/mol. The Labute approximate surface area is 134 Å². The molecule has 1 atom stereocenters. The lowest BCUT2D eigenvalue weighted by Gasteiger charge is -2.32. The molecule has 0 bridgehead atoms. The maximum Gasteiger partial charge on any atom is 0.258 e. The summed E-state index contributed by atoms with van der Waals surface area (Å²) in [5.74, 6) is 1.16. The maximum atomic E-state index is 12.9. The van der Waals surface area contributed by atoms with E-state index in [1.807, 2.05) is 25.1 Å². The van der Waals surface area contributed by atoms with Crippen LogP contribution in [0, 0.1) is 6.92 Å². The van der Waals surface area contributed by atoms with Crippen LogP contribution in [0.4, 0.5) is 5.69 Å². The standard InChI is InChI=1S/C18H17NO4/c1-11-2-4-14-13(8-11)15(20)6-7-19(14)18(21)12-3-5-16-17(9-12)23-10-22-16/h2-5,8-9,15,20H,6-7,10H2,1H3. The highest BCUT2D eigenvalue weighted by molar-refractivity contribution is 6.07. The molecule has 2 aromatic rings. The summed E-state index contributed by atoms with van der Waals surface area (Å²) in [4.78, 5) is 14.6. The number of aryl methyl sites for hydroxylation is 1. The van der Waals surface area contributed by atoms with Crippen LogP contribution in [0.3, 0.4) is 0 Å². The summed E-state index contributed by atoms with van der Waals surface area (Å²) in [6.45, 7) is 2.65. The molecular weight excluding hydrogens is 294 g/mol. The number of amides is 1. The maximum absolute atomic E-state index is 12.9. The van der Waals surface area contributed by atoms with Crippen molar-refractivity contribution in [1.82, 2.24) is 0 Å². The van der Waals surface area contributed by atoms with Gasteiger partial charge < -0.3 is 19.5 Å². The third-order valence-electron chi connectivity index (χ3n) is 4.32. The molecule has 5 heteroatoms. The van der Waals surface area contributed by atoms with Gasteiger partial charge >= 0.3 is 0 Å². The van der Waals surface area contributed by atoms with Gasteiger partial charge in [-0.15, -0.1) is 0 Å². The lowest BCUT2D eigenvalue weighted by atomic mass is 9.96. The molecule has 2 heterocycles. The van der Waals surface area contributed by atoms with Crippen molar-refractivity contribution in [2.75, 3.05) is 18.2 Å². The summed E-state index contributed by atoms with van der Waals surface area (Å²) >= 11 is 0. The van der Waals surface area contributed by atoms with E-state index in [4.69, 9.17) is 9.47 Å². The first-order valence-electron chi connectivity index (χ1n) is 7.63. The molecule has 0 fully saturated rings. The molecule has 0 radical (unpaired) electrons. The Balaban J connectivity index is 1.71. The van der Waals surface area contributed by atoms with Gasteiger partial charge in [0.2, 0.25) is 6.79 Å². The van der Waals surface area contributed by atoms with Gasteiger partial charge in [-0.3, -0.25) is 4.79 Å². The van der Waals surface area contributed by atoms with Gasteiger partial charge in [-0.25, -0.2) is 0 Å². The molecule has 118 valence electrons. The lowest BCUT2D eigenvalue weighted by Crippen LogP contribution is -2.36. The number of ether oxygens (including phenoxy) is 2. The highest BCUT2D eigenvalue weighted by Gasteiger charge is 2.29. The average Bonchev–Trinajstić information content (AvgIpc) is 3.02. The topological polar surface area (TPSA) is 59.0 Å². The molecule has 2 aliphatic heterocycles. The molecule has 2 aliphatic rings. The summed E-state index contributed by atoms with van der Waals surface area (Å²) in [5.41, 5.74) is 3.21. The fourth-order valence-electron chi connectivity index (χ4n) is 3.11. The zero-order valence-electron chi connectivity index (χ0n) is 12.8. The summed E-state index contributed by atoms with van der Waals surface area (Å²) in [6.07, 6.45) is 0.0120. The van der Waals surface area contributed by atoms with Crippen molar-refractivity contribution in [2.24, 2.45) is 0 Å². The van der Waals surface area contributed by atoms with Gasteiger partial charge in [-0.2, -0.15) is 0 Å². The normalized spacial score (nSPS) is 18.7. The smallest absolute Gasteiger partial charge is 0.258 e. The predicted octanol–water partition coefficient (Wildman–Crippen LogP) is 2.81. The lowest BCUT2D eigenvalue weighted by molar-refractivity contribution is 0.0970. The Morgan fingerprint density at radius 2 is 2.00 bits per heavy atom. The number of hydrogen-bond donors (Lipinski definition) is 1. The van der Waals surface area contributed by atoms with Crippen LogP contribution < -0.4 is 14.4 Å². The molecule has 0 spiro atoms. The van der Waals surface area contributed by atoms with Crippen molar-refractivity contribution in [3.05, 3.63) is 53.1 Å². The van der Waals surface area contributed by atoms with Crippen molar-refractivity contribution in [2.45, 2.75) is 19.4 Å². The van der Waals surface area contributed by atoms with Crippen molar-refractivity contribution in [3.63, 3.8) is 0 Å². The highest BCUT2D eigenvalue weighted by atomic mass is 16.7. The van der Waals surface area contributed by atoms with Crippen LogP contribution in [0.25, 0.3) is 0 Å². The van der Waals surface area contributed by atoms with Crippen LogP contribution in [0.2, 0.25) is 0 Å². The summed E-state index contributed by atoms with van der Waals surface area (Å²) in [5, 5.41) is 10.2. The quantitative estimate of drug-likeness (QED) is 0.880. The minimum Gasteiger partial charge on any atom is -0.454 e. The summed E-state index contributed by atoms with van der Waals surface area (Å²) < 4.78 is 10.6. The fraction of sp³-hybridized carbons (Fsp3) is 0.278. The molecule has 0 saturated carbocycles. The number of aliphatic hydroxyl groups is 1. The molecule has 0 saturated heterocycles. The van der Waals surface area contributed by atoms with E-state index >= 15 is 0 Å². The minimum absolute atomic E-state index is 0.0969. The Kier molecular flexibility index (Phi) is 3.23. The molecule has 1 unspecified atom stereocenters. The van der Waals surface area contributed by atoms with Gasteiger partial charge in [0.15, 0.2) is 11.5 Å². The first kappa shape index (κ1) is 14.1. The van der Waals surface area contributed by atoms with E-state index in [1.165, 1.54) is 0 Å². The first-order chi connectivity index (χ1) is 11.1. The van der Waals surface area contributed by atoms with Gasteiger partial charge in [0.05, 0.1) is 6.10 Å². The van der Waals surface area contributed by atoms with Gasteiger partial charge in [0.25, 0.3) is 5.91 Å². The van der Waals surface area contributed by atoms with Gasteiger partial charge in [0.1, 0.15) is 0 Å². The molecule has 1 amide bonds. The molecule has 1 N–H and O–H groups in total. The summed E-state index contributed by atoms with van der Waals surface area (Å²) in [6, 6.07) is 11.0. The van der Waals surface area contributed by atoms with Crippen LogP contribution >= 0.6 is 0 Å². The van der Waals surface area contributed by atoms with Crippen LogP contribution in [0.15, 0.2) is 36.4 Å². The number of carbonyl (C=O) groups excluding carboxylic acids is 1. The number of hydrogen-bond acceptors (Lipinski definition) is 4. The molecule has 4 rings (SSSR count). The van der Waals surface area contributed by atoms with E-state index in [9.17, 15) is 9.90 Å². The highest BCUT2D eigenvalue weighted by Crippen LogP contribution is 2.37. The van der Waals surface area contributed by atoms with E-state index in [0.29, 0.717) is 30.0 Å². The third-order valence-corrected chi connectivity index (χ3v) is 4.32. The number of carbonyl (C=O) groups is 1. The molecule has 23 heavy (non-hydrogen) atoms. The van der Waals surface area contributed by atoms with Crippen molar-refractivity contribution < 1.29 is 19.4 Å². The summed E-state index contributed by atoms with van der Waals surface area (Å²) in [7, 11) is 0. The zero-order valence-corrected chi connectivity index (χ0v) is 12.8. The van der Waals surface area contributed by atoms with Crippen LogP contribution in [-0.2, 0) is 0 Å². The number of nitrogens with zero attached hydrogens (tertiary/aromatic N) is 1. The molecule has 0 aromatic heterocycles. The number of aliphatic hydroxyl groups excluding tert-OH is 1. The molecular formula is C18H17NO4. The van der Waals surface area contributed by atoms with E-state index < -0.39 is 6.10 Å². The predicted molar refractivity (Wildman–Crippen MR) is 85.0 cm³/mol. The second-order valence-corrected chi connectivity index (χ2v) is 5.89. The Bertz CT molecular complexity index is 787. The number of fused-ring (bicyclic) bond motifs is 2. The van der Waals surface area contributed by atoms with E-state index in [2.05, 4.69) is 0 Å². The Hall–Kier alpha value is -2.53. The van der Waals surface area contributed by atoms with E-state index in [1.54, 1.807) is 23.1 Å². The molecule has 0 aliphatic carbocycles. The number of benzene rings is 2. The van der Waals surface area contributed by atoms with Gasteiger partial charge in [-0.1, -0.05) is 17.7 Å². The largest absolute Gasteiger partial charge is 0.454 e. The molecule has 2 aromatic carbocycles. The van der Waals surface area contributed by atoms with E-state index in [-0.39, 0.29) is 12.7 Å². The van der Waals surface area contributed by atoms with Crippen molar-refractivity contribution >= 4 is 11.6 Å². The number of rotatable bonds is 1. The van der Waals surface area contributed by atoms with Crippen LogP contribution in [0.5, 0.6) is 11.5 Å². The second-order valence-electron chi connectivity index (χ2n) is 5.89. The minimum atomic E-state index is -0.522. The third kappa shape index (κ3) is 2.33. The first-order valence-corrected chi connectivity index (χ1v) is 7.63. The SMILES string of the molecule is Cc1ccc2c(c1)C(O)CCN2C(=O)c1ccc2c(c1)OCO2. The zero-order chi connectivity index (χ0) is 16.0. The number of anilines is 1. The Morgan fingerprint density at radius 3 is 2.87 bits per heavy atom. The fourth-order valence-corrected chi connectivity index (χ4v) is 3.11. The van der Waals surface area contributed by atoms with E-state index in [0.717, 1.165) is 16.8 Å². The second kappa shape index (κ2) is 5.28. The Morgan fingerprint density at radius 1 is 1.17 bits per heavy atom. The van der Waals surface area contributed by atoms with Crippen LogP contribution in [0.1, 0.15) is 34.0 Å². The monoisotopic (exact) mass is 311 g/mol. The van der Waals surface area contributed by atoms with Gasteiger partial charge in [0, 0.05) is 23.4 Å².